The Hall–Kier alpha value is -2.63. The number of imidazole rings is 1. The van der Waals surface area contributed by atoms with Gasteiger partial charge in [0.2, 0.25) is 11.8 Å². The van der Waals surface area contributed by atoms with Crippen molar-refractivity contribution in [2.45, 2.75) is 49.9 Å². The van der Waals surface area contributed by atoms with Gasteiger partial charge >= 0.3 is 0 Å². The van der Waals surface area contributed by atoms with Crippen LogP contribution in [0.5, 0.6) is 0 Å². The molecule has 2 heterocycles. The maximum atomic E-state index is 13.0. The van der Waals surface area contributed by atoms with Crippen LogP contribution in [-0.2, 0) is 17.6 Å². The van der Waals surface area contributed by atoms with Crippen molar-refractivity contribution in [3.8, 4) is 6.07 Å². The van der Waals surface area contributed by atoms with Gasteiger partial charge in [0.05, 0.1) is 21.8 Å². The molecule has 0 fully saturated rings. The topological polar surface area (TPSA) is 87.8 Å². The van der Waals surface area contributed by atoms with E-state index < -0.39 is 5.25 Å². The highest BCUT2D eigenvalue weighted by atomic mass is 32.2. The zero-order valence-electron chi connectivity index (χ0n) is 16.2. The first-order valence-electron chi connectivity index (χ1n) is 9.54. The van der Waals surface area contributed by atoms with Gasteiger partial charge in [-0.3, -0.25) is 14.2 Å². The van der Waals surface area contributed by atoms with Crippen LogP contribution in [0, 0.1) is 11.3 Å². The van der Waals surface area contributed by atoms with Gasteiger partial charge in [0.1, 0.15) is 11.1 Å². The van der Waals surface area contributed by atoms with Gasteiger partial charge in [-0.15, -0.1) is 11.3 Å². The van der Waals surface area contributed by atoms with Gasteiger partial charge in [0, 0.05) is 11.8 Å². The number of amides is 1. The predicted molar refractivity (Wildman–Crippen MR) is 116 cm³/mol. The Labute approximate surface area is 176 Å². The molecule has 8 heteroatoms. The van der Waals surface area contributed by atoms with Crippen LogP contribution in [0.1, 0.15) is 47.5 Å². The van der Waals surface area contributed by atoms with Crippen LogP contribution in [0.2, 0.25) is 0 Å². The molecule has 6 nitrogen and oxygen atoms in total. The number of para-hydroxylation sites is 2. The molecule has 0 bridgehead atoms. The molecule has 0 radical (unpaired) electrons. The summed E-state index contributed by atoms with van der Waals surface area (Å²) >= 11 is 2.79. The van der Waals surface area contributed by atoms with Crippen molar-refractivity contribution < 1.29 is 9.59 Å². The number of aryl methyl sites for hydroxylation is 1. The number of fused-ring (bicyclic) bond motifs is 2. The third-order valence-corrected chi connectivity index (χ3v) is 7.55. The fourth-order valence-electron chi connectivity index (χ4n) is 3.64. The normalized spacial score (nSPS) is 13.8. The van der Waals surface area contributed by atoms with Crippen molar-refractivity contribution in [1.29, 1.82) is 5.26 Å². The maximum Gasteiger partial charge on any atom is 0.238 e. The van der Waals surface area contributed by atoms with E-state index in [-0.39, 0.29) is 11.8 Å². The van der Waals surface area contributed by atoms with E-state index in [9.17, 15) is 14.9 Å². The van der Waals surface area contributed by atoms with Gasteiger partial charge < -0.3 is 5.32 Å². The fourth-order valence-corrected chi connectivity index (χ4v) is 5.95. The number of nitrogens with one attached hydrogen (secondary N) is 1. The zero-order chi connectivity index (χ0) is 20.5. The summed E-state index contributed by atoms with van der Waals surface area (Å²) in [4.78, 5) is 31.0. The molecule has 3 aromatic rings. The van der Waals surface area contributed by atoms with Crippen molar-refractivity contribution in [2.24, 2.45) is 0 Å². The highest BCUT2D eigenvalue weighted by Gasteiger charge is 2.27. The van der Waals surface area contributed by atoms with Gasteiger partial charge in [-0.25, -0.2) is 4.98 Å². The minimum absolute atomic E-state index is 0.141. The Bertz CT molecular complexity index is 1160. The Balaban J connectivity index is 1.60. The number of anilines is 1. The molecule has 1 aromatic carbocycles. The third kappa shape index (κ3) is 3.56. The van der Waals surface area contributed by atoms with Gasteiger partial charge in [-0.1, -0.05) is 30.8 Å². The zero-order valence-corrected chi connectivity index (χ0v) is 17.8. The minimum Gasteiger partial charge on any atom is -0.316 e. The number of carbonyl (C=O) groups excluding carboxylic acids is 2. The van der Waals surface area contributed by atoms with E-state index in [2.05, 4.69) is 16.4 Å². The van der Waals surface area contributed by atoms with Crippen molar-refractivity contribution in [3.63, 3.8) is 0 Å². The highest BCUT2D eigenvalue weighted by molar-refractivity contribution is 8.00. The van der Waals surface area contributed by atoms with E-state index in [0.29, 0.717) is 22.1 Å². The Kier molecular flexibility index (Phi) is 5.43. The van der Waals surface area contributed by atoms with Crippen molar-refractivity contribution >= 4 is 50.9 Å². The second kappa shape index (κ2) is 8.01. The van der Waals surface area contributed by atoms with Crippen molar-refractivity contribution in [2.75, 3.05) is 5.32 Å². The summed E-state index contributed by atoms with van der Waals surface area (Å²) < 4.78 is 1.55. The summed E-state index contributed by atoms with van der Waals surface area (Å²) in [6.45, 7) is 3.42. The number of benzene rings is 1. The van der Waals surface area contributed by atoms with E-state index in [1.165, 1.54) is 34.9 Å². The molecule has 148 valence electrons. The summed E-state index contributed by atoms with van der Waals surface area (Å²) in [7, 11) is 0. The molecule has 1 aliphatic carbocycles. The van der Waals surface area contributed by atoms with E-state index in [0.717, 1.165) is 35.9 Å². The third-order valence-electron chi connectivity index (χ3n) is 5.03. The minimum atomic E-state index is -0.423. The molecule has 1 aliphatic rings. The average molecular weight is 425 g/mol. The Morgan fingerprint density at radius 3 is 2.90 bits per heavy atom. The fraction of sp³-hybridized carbons (Fsp3) is 0.333. The lowest BCUT2D eigenvalue weighted by Crippen LogP contribution is -2.25. The summed E-state index contributed by atoms with van der Waals surface area (Å²) in [6, 6.07) is 9.69. The first-order valence-corrected chi connectivity index (χ1v) is 11.2. The molecule has 1 N–H and O–H groups in total. The first kappa shape index (κ1) is 19.7. The largest absolute Gasteiger partial charge is 0.316 e. The summed E-state index contributed by atoms with van der Waals surface area (Å²) in [5.41, 5.74) is 3.15. The molecule has 1 atom stereocenters. The molecule has 29 heavy (non-hydrogen) atoms. The lowest BCUT2D eigenvalue weighted by atomic mass is 10.1. The number of nitrogens with zero attached hydrogens (tertiary/aromatic N) is 3. The van der Waals surface area contributed by atoms with Gasteiger partial charge in [0.15, 0.2) is 5.16 Å². The van der Waals surface area contributed by atoms with Crippen LogP contribution < -0.4 is 5.32 Å². The number of aromatic nitrogens is 2. The SMILES string of the molecule is CCC(Sc1nc2ccccc2n1C(C)=O)C(=O)Nc1sc2c(c1C#N)CCC2. The number of rotatable bonds is 5. The van der Waals surface area contributed by atoms with Crippen LogP contribution in [-0.4, -0.2) is 26.6 Å². The van der Waals surface area contributed by atoms with E-state index in [1.54, 1.807) is 4.57 Å². The second-order valence-corrected chi connectivity index (χ2v) is 9.19. The van der Waals surface area contributed by atoms with E-state index in [4.69, 9.17) is 0 Å². The van der Waals surface area contributed by atoms with Crippen LogP contribution in [0.25, 0.3) is 11.0 Å². The molecule has 0 spiro atoms. The van der Waals surface area contributed by atoms with Gasteiger partial charge in [-0.05, 0) is 43.4 Å². The van der Waals surface area contributed by atoms with Gasteiger partial charge in [-0.2, -0.15) is 5.26 Å². The molecular weight excluding hydrogens is 404 g/mol. The Morgan fingerprint density at radius 2 is 2.17 bits per heavy atom. The van der Waals surface area contributed by atoms with Crippen LogP contribution >= 0.6 is 23.1 Å². The molecule has 4 rings (SSSR count). The lowest BCUT2D eigenvalue weighted by molar-refractivity contribution is -0.115. The van der Waals surface area contributed by atoms with Gasteiger partial charge in [0.25, 0.3) is 0 Å². The second-order valence-electron chi connectivity index (χ2n) is 6.91. The number of nitriles is 1. The van der Waals surface area contributed by atoms with E-state index >= 15 is 0 Å². The number of hydrogen-bond acceptors (Lipinski definition) is 6. The maximum absolute atomic E-state index is 13.0. The summed E-state index contributed by atoms with van der Waals surface area (Å²) in [5, 5.41) is 13.2. The molecule has 1 unspecified atom stereocenters. The monoisotopic (exact) mass is 424 g/mol. The predicted octanol–water partition coefficient (Wildman–Crippen LogP) is 4.63. The number of thioether (sulfide) groups is 1. The van der Waals surface area contributed by atoms with Crippen LogP contribution in [0.3, 0.4) is 0 Å². The molecular formula is C21H20N4O2S2. The molecule has 0 saturated carbocycles. The smallest absolute Gasteiger partial charge is 0.238 e. The number of hydrogen-bond donors (Lipinski definition) is 1. The first-order chi connectivity index (χ1) is 14.0. The highest BCUT2D eigenvalue weighted by Crippen LogP contribution is 2.39. The lowest BCUT2D eigenvalue weighted by Gasteiger charge is -2.14. The Morgan fingerprint density at radius 1 is 1.38 bits per heavy atom. The van der Waals surface area contributed by atoms with Crippen LogP contribution in [0.15, 0.2) is 29.4 Å². The summed E-state index contributed by atoms with van der Waals surface area (Å²) in [5.74, 6) is -0.311. The quantitative estimate of drug-likeness (QED) is 0.604. The van der Waals surface area contributed by atoms with Crippen LogP contribution in [0.4, 0.5) is 5.00 Å². The van der Waals surface area contributed by atoms with Crippen molar-refractivity contribution in [3.05, 3.63) is 40.3 Å². The number of carbonyl (C=O) groups is 2. The molecule has 2 aromatic heterocycles. The summed E-state index contributed by atoms with van der Waals surface area (Å²) in [6.07, 6.45) is 3.52. The van der Waals surface area contributed by atoms with E-state index in [1.807, 2.05) is 31.2 Å². The molecule has 0 aliphatic heterocycles. The molecule has 1 amide bonds. The number of thiophene rings is 1. The molecule has 0 saturated heterocycles. The standard InChI is InChI=1S/C21H20N4O2S2/c1-3-17(19(27)24-20-14(11-22)13-7-6-10-18(13)28-20)29-21-23-15-8-4-5-9-16(15)25(21)12(2)26/h4-5,8-9,17H,3,6-7,10H2,1-2H3,(H,24,27). The average Bonchev–Trinajstić information content (AvgIpc) is 3.37. The van der Waals surface area contributed by atoms with Crippen molar-refractivity contribution in [1.82, 2.24) is 9.55 Å².